The number of hydrogen-bond acceptors (Lipinski definition) is 3. The number of ether oxygens (including phenoxy) is 2. The van der Waals surface area contributed by atoms with Crippen molar-refractivity contribution in [2.75, 3.05) is 20.7 Å². The van der Waals surface area contributed by atoms with Gasteiger partial charge in [0.25, 0.3) is 0 Å². The maximum atomic E-state index is 13.0. The summed E-state index contributed by atoms with van der Waals surface area (Å²) in [4.78, 5) is 13.0. The molecule has 0 fully saturated rings. The molecule has 2 rings (SSSR count). The predicted molar refractivity (Wildman–Crippen MR) is 150 cm³/mol. The topological polar surface area (TPSA) is 35.5 Å². The molecule has 0 aliphatic heterocycles. The largest absolute Gasteiger partial charge is 0.487 e. The van der Waals surface area contributed by atoms with Crippen molar-refractivity contribution in [3.8, 4) is 5.75 Å². The number of nitrogens with zero attached hydrogens (tertiary/aromatic N) is 1. The molecule has 36 heavy (non-hydrogen) atoms. The van der Waals surface area contributed by atoms with E-state index in [1.807, 2.05) is 31.2 Å². The zero-order chi connectivity index (χ0) is 26.2. The number of unbranched alkanes of at least 4 members (excludes halogenated alkanes) is 7. The minimum absolute atomic E-state index is 0.155. The first kappa shape index (κ1) is 29.9. The molecule has 4 nitrogen and oxygen atoms in total. The third kappa shape index (κ3) is 11.2. The maximum absolute atomic E-state index is 13.0. The van der Waals surface area contributed by atoms with E-state index in [0.717, 1.165) is 25.1 Å². The summed E-state index contributed by atoms with van der Waals surface area (Å²) in [5.74, 6) is 0.695. The number of esters is 1. The number of likely N-dealkylation sites (N-methyl/N-ethyl adjacent to an activating group) is 1. The second-order valence-corrected chi connectivity index (χ2v) is 10.8. The molecule has 0 saturated carbocycles. The van der Waals surface area contributed by atoms with Crippen LogP contribution in [0.25, 0.3) is 0 Å². The molecule has 2 aromatic carbocycles. The Balaban J connectivity index is 1.75. The Labute approximate surface area is 220 Å². The van der Waals surface area contributed by atoms with Crippen LogP contribution in [0.4, 0.5) is 0 Å². The summed E-state index contributed by atoms with van der Waals surface area (Å²) in [5.41, 5.74) is 2.53. The summed E-state index contributed by atoms with van der Waals surface area (Å²) in [6.45, 7) is 7.31. The minimum Gasteiger partial charge on any atom is -0.487 e. The number of carbonyl (C=O) groups is 1. The van der Waals surface area contributed by atoms with E-state index in [1.54, 1.807) is 0 Å². The average Bonchev–Trinajstić information content (AvgIpc) is 2.85. The molecular weight excluding hydrogens is 446 g/mol. The maximum Gasteiger partial charge on any atom is 0.365 e. The van der Waals surface area contributed by atoms with Crippen molar-refractivity contribution in [1.29, 1.82) is 0 Å². The molecule has 0 bridgehead atoms. The van der Waals surface area contributed by atoms with Gasteiger partial charge in [0.15, 0.2) is 6.04 Å². The van der Waals surface area contributed by atoms with E-state index in [-0.39, 0.29) is 24.7 Å². The highest BCUT2D eigenvalue weighted by atomic mass is 16.6. The Morgan fingerprint density at radius 3 is 2.14 bits per heavy atom. The second kappa shape index (κ2) is 16.4. The van der Waals surface area contributed by atoms with Crippen LogP contribution in [0.5, 0.6) is 5.75 Å². The quantitative estimate of drug-likeness (QED) is 0.120. The van der Waals surface area contributed by atoms with Gasteiger partial charge in [-0.2, -0.15) is 0 Å². The molecule has 2 aromatic rings. The van der Waals surface area contributed by atoms with Crippen molar-refractivity contribution in [2.45, 2.75) is 104 Å². The van der Waals surface area contributed by atoms with Gasteiger partial charge in [-0.1, -0.05) is 101 Å². The number of carbonyl (C=O) groups excluding carboxylic acids is 1. The van der Waals surface area contributed by atoms with Crippen LogP contribution >= 0.6 is 0 Å². The van der Waals surface area contributed by atoms with Crippen molar-refractivity contribution in [3.05, 3.63) is 65.7 Å². The van der Waals surface area contributed by atoms with Crippen LogP contribution in [0.2, 0.25) is 0 Å². The van der Waals surface area contributed by atoms with Crippen LogP contribution in [0, 0.1) is 0 Å². The first-order valence-corrected chi connectivity index (χ1v) is 14.1. The fourth-order valence-corrected chi connectivity index (χ4v) is 4.91. The molecule has 0 spiro atoms. The lowest BCUT2D eigenvalue weighted by Gasteiger charge is -2.36. The number of aryl methyl sites for hydroxylation is 1. The molecule has 2 unspecified atom stereocenters. The summed E-state index contributed by atoms with van der Waals surface area (Å²) in [6, 6.07) is 18.5. The van der Waals surface area contributed by atoms with Gasteiger partial charge in [-0.3, -0.25) is 0 Å². The van der Waals surface area contributed by atoms with Gasteiger partial charge in [0.2, 0.25) is 0 Å². The lowest BCUT2D eigenvalue weighted by molar-refractivity contribution is -0.919. The zero-order valence-electron chi connectivity index (χ0n) is 23.5. The fraction of sp³-hybridized carbons (Fsp3) is 0.594. The van der Waals surface area contributed by atoms with Crippen LogP contribution in [0.3, 0.4) is 0 Å². The average molecular weight is 497 g/mol. The molecular formula is C32H50NO3+. The molecule has 0 aliphatic rings. The molecule has 0 aliphatic carbocycles. The van der Waals surface area contributed by atoms with E-state index in [0.29, 0.717) is 4.48 Å². The van der Waals surface area contributed by atoms with Crippen LogP contribution < -0.4 is 4.74 Å². The smallest absolute Gasteiger partial charge is 0.365 e. The monoisotopic (exact) mass is 496 g/mol. The molecule has 0 N–H and O–H groups in total. The lowest BCUT2D eigenvalue weighted by atomic mass is 10.0. The number of quaternary nitrogens is 1. The Bertz CT molecular complexity index is 865. The number of rotatable bonds is 18. The molecule has 0 radical (unpaired) electrons. The Morgan fingerprint density at radius 1 is 0.833 bits per heavy atom. The lowest BCUT2D eigenvalue weighted by Crippen LogP contribution is -2.52. The van der Waals surface area contributed by atoms with E-state index in [9.17, 15) is 4.79 Å². The highest BCUT2D eigenvalue weighted by molar-refractivity contribution is 5.74. The van der Waals surface area contributed by atoms with Crippen LogP contribution in [-0.4, -0.2) is 43.3 Å². The highest BCUT2D eigenvalue weighted by Gasteiger charge is 2.35. The summed E-state index contributed by atoms with van der Waals surface area (Å²) >= 11 is 0. The van der Waals surface area contributed by atoms with E-state index >= 15 is 0 Å². The van der Waals surface area contributed by atoms with Crippen molar-refractivity contribution in [2.24, 2.45) is 0 Å². The van der Waals surface area contributed by atoms with Gasteiger partial charge in [-0.05, 0) is 37.5 Å². The molecule has 0 heterocycles. The van der Waals surface area contributed by atoms with Crippen LogP contribution in [0.1, 0.15) is 89.7 Å². The van der Waals surface area contributed by atoms with Crippen LogP contribution in [-0.2, 0) is 22.5 Å². The van der Waals surface area contributed by atoms with Gasteiger partial charge >= 0.3 is 5.97 Å². The molecule has 0 saturated heterocycles. The molecule has 2 atom stereocenters. The van der Waals surface area contributed by atoms with Gasteiger partial charge in [0, 0.05) is 12.0 Å². The van der Waals surface area contributed by atoms with Crippen molar-refractivity contribution >= 4 is 5.97 Å². The number of benzene rings is 2. The zero-order valence-corrected chi connectivity index (χ0v) is 23.5. The molecule has 4 heteroatoms. The highest BCUT2D eigenvalue weighted by Crippen LogP contribution is 2.20. The van der Waals surface area contributed by atoms with Gasteiger partial charge < -0.3 is 14.0 Å². The minimum atomic E-state index is -0.215. The third-order valence-corrected chi connectivity index (χ3v) is 6.95. The van der Waals surface area contributed by atoms with Gasteiger partial charge in [-0.15, -0.1) is 0 Å². The predicted octanol–water partition coefficient (Wildman–Crippen LogP) is 7.74. The van der Waals surface area contributed by atoms with Crippen LogP contribution in [0.15, 0.2) is 54.6 Å². The van der Waals surface area contributed by atoms with Crippen molar-refractivity contribution in [1.82, 2.24) is 0 Å². The van der Waals surface area contributed by atoms with Crippen molar-refractivity contribution in [3.63, 3.8) is 0 Å². The third-order valence-electron chi connectivity index (χ3n) is 6.95. The first-order valence-electron chi connectivity index (χ1n) is 14.1. The van der Waals surface area contributed by atoms with Crippen molar-refractivity contribution < 1.29 is 18.8 Å². The van der Waals surface area contributed by atoms with E-state index < -0.39 is 0 Å². The Morgan fingerprint density at radius 2 is 1.47 bits per heavy atom. The summed E-state index contributed by atoms with van der Waals surface area (Å²) in [5, 5.41) is 0. The molecule has 200 valence electrons. The van der Waals surface area contributed by atoms with Gasteiger partial charge in [-0.25, -0.2) is 4.79 Å². The number of hydrogen-bond donors (Lipinski definition) is 0. The van der Waals surface area contributed by atoms with Gasteiger partial charge in [0.1, 0.15) is 25.0 Å². The summed E-state index contributed by atoms with van der Waals surface area (Å²) < 4.78 is 12.4. The van der Waals surface area contributed by atoms with E-state index in [2.05, 4.69) is 58.3 Å². The standard InChI is InChI=1S/C32H50NO3/c1-6-8-9-10-11-12-13-15-19-28-22-18-23-30(24-28)36-27(3)26-35-32(34)31(7-2)33(4,5)25-29-20-16-14-17-21-29/h14,16-18,20-24,27,31H,6-13,15,19,25-26H2,1-5H3/q+1. The SMILES string of the molecule is CCCCCCCCCCc1cccc(OC(C)COC(=O)C(CC)[N+](C)(C)Cc2ccccc2)c1. The fourth-order valence-electron chi connectivity index (χ4n) is 4.91. The molecule has 0 aromatic heterocycles. The summed E-state index contributed by atoms with van der Waals surface area (Å²) in [7, 11) is 4.20. The van der Waals surface area contributed by atoms with E-state index in [1.165, 1.54) is 62.5 Å². The second-order valence-electron chi connectivity index (χ2n) is 10.8. The Kier molecular flexibility index (Phi) is 13.6. The molecule has 0 amide bonds. The summed E-state index contributed by atoms with van der Waals surface area (Å²) in [6.07, 6.45) is 12.3. The van der Waals surface area contributed by atoms with Gasteiger partial charge in [0.05, 0.1) is 14.1 Å². The first-order chi connectivity index (χ1) is 17.4. The van der Waals surface area contributed by atoms with E-state index in [4.69, 9.17) is 9.47 Å². The normalized spacial score (nSPS) is 13.2. The Hall–Kier alpha value is -2.33.